The molecule has 89 heavy (non-hydrogen) atoms. The number of ether oxygens (including phenoxy) is 6. The summed E-state index contributed by atoms with van der Waals surface area (Å²) in [6.07, 6.45) is 47.8. The summed E-state index contributed by atoms with van der Waals surface area (Å²) < 4.78 is 34.6. The molecule has 4 rings (SSSR count). The van der Waals surface area contributed by atoms with Crippen molar-refractivity contribution in [2.75, 3.05) is 77.2 Å². The number of benzene rings is 2. The number of rotatable bonds is 53. The molecule has 2 aliphatic rings. The van der Waals surface area contributed by atoms with Gasteiger partial charge in [0, 0.05) is 50.7 Å². The highest BCUT2D eigenvalue weighted by molar-refractivity contribution is 8.76. The highest BCUT2D eigenvalue weighted by Gasteiger charge is 2.22. The van der Waals surface area contributed by atoms with Crippen molar-refractivity contribution in [2.45, 2.75) is 239 Å². The minimum Gasteiger partial charge on any atom is -0.465 e. The summed E-state index contributed by atoms with van der Waals surface area (Å²) in [6, 6.07) is 15.4. The zero-order valence-electron chi connectivity index (χ0n) is 55.6. The minimum absolute atomic E-state index is 0.148. The number of hydrogen-bond donors (Lipinski definition) is 0. The first kappa shape index (κ1) is 77.3. The molecule has 0 saturated carbocycles. The predicted octanol–water partition coefficient (Wildman–Crippen LogP) is 17.8. The third-order valence-electron chi connectivity index (χ3n) is 16.7. The predicted molar refractivity (Wildman–Crippen MR) is 370 cm³/mol. The van der Waals surface area contributed by atoms with E-state index in [1.165, 1.54) is 38.5 Å². The number of carbonyl (C=O) groups excluding carboxylic acids is 4. The molecule has 0 N–H and O–H groups in total. The summed E-state index contributed by atoms with van der Waals surface area (Å²) in [6.45, 7) is 15.9. The Bertz CT molecular complexity index is 2200. The van der Waals surface area contributed by atoms with Crippen LogP contribution in [-0.2, 0) is 73.7 Å². The van der Waals surface area contributed by atoms with E-state index in [-0.39, 0.29) is 56.2 Å². The van der Waals surface area contributed by atoms with Crippen LogP contribution in [-0.4, -0.2) is 117 Å². The number of nitrogens with zero attached hydrogens (tertiary/aromatic N) is 2. The summed E-state index contributed by atoms with van der Waals surface area (Å²) in [5.74, 6) is 2.66. The van der Waals surface area contributed by atoms with Crippen LogP contribution in [0.25, 0.3) is 0 Å². The molecule has 12 nitrogen and oxygen atoms in total. The van der Waals surface area contributed by atoms with Crippen molar-refractivity contribution in [3.8, 4) is 0 Å². The van der Waals surface area contributed by atoms with Gasteiger partial charge in [0.2, 0.25) is 0 Å². The molecular formula is C75H118N2O10S2. The van der Waals surface area contributed by atoms with E-state index < -0.39 is 0 Å². The van der Waals surface area contributed by atoms with Gasteiger partial charge in [-0.25, -0.2) is 0 Å². The Morgan fingerprint density at radius 1 is 0.449 bits per heavy atom. The first-order chi connectivity index (χ1) is 43.7. The highest BCUT2D eigenvalue weighted by Crippen LogP contribution is 2.26. The molecule has 2 saturated heterocycles. The van der Waals surface area contributed by atoms with Gasteiger partial charge in [0.25, 0.3) is 0 Å². The van der Waals surface area contributed by atoms with Gasteiger partial charge in [0.1, 0.15) is 13.2 Å². The molecule has 500 valence electrons. The molecule has 0 atom stereocenters. The number of unbranched alkanes of at least 4 members (excludes halogenated alkanes) is 12. The molecule has 0 amide bonds. The average molecular weight is 1270 g/mol. The van der Waals surface area contributed by atoms with Gasteiger partial charge in [-0.1, -0.05) is 172 Å². The fourth-order valence-electron chi connectivity index (χ4n) is 11.0. The molecule has 2 aromatic carbocycles. The van der Waals surface area contributed by atoms with Crippen LogP contribution >= 0.6 is 21.6 Å². The molecule has 0 unspecified atom stereocenters. The monoisotopic (exact) mass is 1270 g/mol. The summed E-state index contributed by atoms with van der Waals surface area (Å²) in [4.78, 5) is 55.5. The Kier molecular flexibility index (Phi) is 46.3. The highest BCUT2D eigenvalue weighted by atomic mass is 33.1. The van der Waals surface area contributed by atoms with E-state index in [1.54, 1.807) is 0 Å². The van der Waals surface area contributed by atoms with Crippen molar-refractivity contribution in [3.63, 3.8) is 0 Å². The third kappa shape index (κ3) is 41.8. The maximum absolute atomic E-state index is 12.7. The lowest BCUT2D eigenvalue weighted by molar-refractivity contribution is -0.152. The van der Waals surface area contributed by atoms with Gasteiger partial charge in [-0.15, -0.1) is 0 Å². The molecule has 2 fully saturated rings. The Balaban J connectivity index is 0.916. The fourth-order valence-corrected chi connectivity index (χ4v) is 13.0. The molecule has 0 radical (unpaired) electrons. The van der Waals surface area contributed by atoms with E-state index in [0.717, 1.165) is 195 Å². The van der Waals surface area contributed by atoms with Crippen molar-refractivity contribution in [1.29, 1.82) is 0 Å². The fraction of sp³-hybridized carbons (Fsp3) is 0.680. The van der Waals surface area contributed by atoms with Gasteiger partial charge in [-0.05, 0) is 202 Å². The van der Waals surface area contributed by atoms with Crippen molar-refractivity contribution < 1.29 is 47.6 Å². The summed E-state index contributed by atoms with van der Waals surface area (Å²) in [5, 5.41) is 0. The van der Waals surface area contributed by atoms with Gasteiger partial charge in [0.15, 0.2) is 6.29 Å². The van der Waals surface area contributed by atoms with Crippen molar-refractivity contribution >= 4 is 45.5 Å². The van der Waals surface area contributed by atoms with Crippen LogP contribution in [0.15, 0.2) is 97.1 Å². The molecule has 0 bridgehead atoms. The minimum atomic E-state index is -0.308. The molecule has 0 aromatic heterocycles. The number of allylic oxidation sites excluding steroid dienone is 8. The molecular weight excluding hydrogens is 1150 g/mol. The van der Waals surface area contributed by atoms with E-state index >= 15 is 0 Å². The molecule has 2 aliphatic heterocycles. The maximum Gasteiger partial charge on any atom is 0.310 e. The maximum atomic E-state index is 12.7. The summed E-state index contributed by atoms with van der Waals surface area (Å²) >= 11 is 0. The van der Waals surface area contributed by atoms with Crippen molar-refractivity contribution in [2.24, 2.45) is 11.8 Å². The van der Waals surface area contributed by atoms with Gasteiger partial charge >= 0.3 is 23.9 Å². The zero-order chi connectivity index (χ0) is 63.3. The smallest absolute Gasteiger partial charge is 0.310 e. The summed E-state index contributed by atoms with van der Waals surface area (Å²) in [5.41, 5.74) is 3.60. The second-order valence-corrected chi connectivity index (χ2v) is 27.0. The van der Waals surface area contributed by atoms with Crippen LogP contribution in [0.2, 0.25) is 0 Å². The Morgan fingerprint density at radius 3 is 1.31 bits per heavy atom. The van der Waals surface area contributed by atoms with Crippen molar-refractivity contribution in [3.05, 3.63) is 119 Å². The largest absolute Gasteiger partial charge is 0.465 e. The number of carbonyl (C=O) groups is 4. The average Bonchev–Trinajstić information content (AvgIpc) is 3.75. The van der Waals surface area contributed by atoms with E-state index in [4.69, 9.17) is 28.4 Å². The number of esters is 4. The quantitative estimate of drug-likeness (QED) is 0.0155. The number of hydrogen-bond acceptors (Lipinski definition) is 14. The van der Waals surface area contributed by atoms with Crippen LogP contribution in [0.1, 0.15) is 229 Å². The second kappa shape index (κ2) is 53.3. The second-order valence-electron chi connectivity index (χ2n) is 24.3. The number of piperidine rings is 2. The Morgan fingerprint density at radius 2 is 0.854 bits per heavy atom. The first-order valence-corrected chi connectivity index (χ1v) is 37.5. The number of likely N-dealkylation sites (tertiary alicyclic amines) is 2. The summed E-state index contributed by atoms with van der Waals surface area (Å²) in [7, 11) is 3.98. The van der Waals surface area contributed by atoms with E-state index in [1.807, 2.05) is 70.1 Å². The molecule has 14 heteroatoms. The molecule has 2 aromatic rings. The lowest BCUT2D eigenvalue weighted by Crippen LogP contribution is -2.36. The zero-order valence-corrected chi connectivity index (χ0v) is 57.2. The van der Waals surface area contributed by atoms with Crippen LogP contribution in [0.5, 0.6) is 0 Å². The Labute approximate surface area is 547 Å². The topological polar surface area (TPSA) is 130 Å². The van der Waals surface area contributed by atoms with Crippen LogP contribution in [0.4, 0.5) is 0 Å². The first-order valence-electron chi connectivity index (χ1n) is 35.0. The Hall–Kier alpha value is -4.18. The van der Waals surface area contributed by atoms with Gasteiger partial charge in [-0.2, -0.15) is 0 Å². The van der Waals surface area contributed by atoms with Gasteiger partial charge in [0.05, 0.1) is 26.1 Å². The van der Waals surface area contributed by atoms with E-state index in [9.17, 15) is 19.2 Å². The lowest BCUT2D eigenvalue weighted by atomic mass is 9.94. The van der Waals surface area contributed by atoms with Gasteiger partial charge in [-0.3, -0.25) is 19.2 Å². The normalized spacial score (nSPS) is 14.7. The van der Waals surface area contributed by atoms with Crippen LogP contribution in [0, 0.1) is 11.8 Å². The SMILES string of the molecule is CC/C=C\CCCCOC(CCCC(=O)OCc1ccc(CC(=O)OCCC2CCN(CCSSCCN3CCC(CCOC(=O)Cc4ccc(COC(=O)CCCCCCC/C=C\C/C=C\CCCCC)cc4)CC3)CC2)cc1)OCCCC/C=C\CC. The standard InChI is InChI=1S/C75H118N2O10S2/c1-4-7-10-13-16-17-18-19-20-21-22-23-24-25-28-32-71(78)86-63-69-39-35-67(36-40-69)61-73(80)82-57-47-65-43-49-76(50-44-65)53-59-88-89-60-54-77-51-45-66(46-52-77)48-58-83-74(81)62-68-37-41-70(42-38-68)64-87-72(79)33-31-34-75(84-55-29-26-14-11-8-5-2)85-56-30-27-15-12-9-6-3/h8-9,11-12,16-17,19-20,35-42,65-66,75H,4-7,10,13-15,18,21-34,43-64H2,1-3H3/b11-8-,12-9-,17-16-,20-19-. The van der Waals surface area contributed by atoms with E-state index in [0.29, 0.717) is 63.9 Å². The van der Waals surface area contributed by atoms with Crippen LogP contribution < -0.4 is 0 Å². The van der Waals surface area contributed by atoms with Gasteiger partial charge < -0.3 is 38.2 Å². The van der Waals surface area contributed by atoms with Crippen LogP contribution in [0.3, 0.4) is 0 Å². The third-order valence-corrected chi connectivity index (χ3v) is 19.1. The van der Waals surface area contributed by atoms with Crippen molar-refractivity contribution in [1.82, 2.24) is 9.80 Å². The lowest BCUT2D eigenvalue weighted by Gasteiger charge is -2.32. The molecule has 0 spiro atoms. The molecule has 0 aliphatic carbocycles. The van der Waals surface area contributed by atoms with E-state index in [2.05, 4.69) is 79.2 Å². The molecule has 2 heterocycles.